The van der Waals surface area contributed by atoms with E-state index in [1.165, 1.54) is 6.07 Å². The average molecular weight is 446 g/mol. The Balaban J connectivity index is 1.70. The highest BCUT2D eigenvalue weighted by Gasteiger charge is 2.20. The lowest BCUT2D eigenvalue weighted by molar-refractivity contribution is -0.128. The summed E-state index contributed by atoms with van der Waals surface area (Å²) >= 11 is 1.12. The number of nitrogen functional groups attached to an aromatic ring is 1. The number of benzene rings is 2. The molecule has 2 aromatic carbocycles. The van der Waals surface area contributed by atoms with Crippen LogP contribution in [0.1, 0.15) is 34.5 Å². The molecule has 0 fully saturated rings. The van der Waals surface area contributed by atoms with Gasteiger partial charge in [0.25, 0.3) is 5.91 Å². The molecule has 1 unspecified atom stereocenters. The average Bonchev–Trinajstić information content (AvgIpc) is 2.82. The topological polar surface area (TPSA) is 112 Å². The van der Waals surface area contributed by atoms with E-state index in [1.54, 1.807) is 36.2 Å². The Morgan fingerprint density at radius 3 is 2.41 bits per heavy atom. The second kappa shape index (κ2) is 10.5. The van der Waals surface area contributed by atoms with E-state index in [1.807, 2.05) is 49.4 Å². The molecule has 0 saturated carbocycles. The van der Waals surface area contributed by atoms with Crippen molar-refractivity contribution in [2.45, 2.75) is 18.0 Å². The molecule has 0 aliphatic heterocycles. The molecule has 0 aliphatic carbocycles. The third kappa shape index (κ3) is 5.45. The monoisotopic (exact) mass is 445 g/mol. The molecule has 3 N–H and O–H groups in total. The summed E-state index contributed by atoms with van der Waals surface area (Å²) in [4.78, 5) is 31.1. The van der Waals surface area contributed by atoms with Gasteiger partial charge in [-0.05, 0) is 30.7 Å². The van der Waals surface area contributed by atoms with Gasteiger partial charge in [-0.25, -0.2) is 4.98 Å². The minimum absolute atomic E-state index is 0.00149. The maximum atomic E-state index is 12.7. The number of amides is 2. The number of nitriles is 1. The van der Waals surface area contributed by atoms with E-state index in [0.717, 1.165) is 17.3 Å². The van der Waals surface area contributed by atoms with E-state index in [9.17, 15) is 14.9 Å². The van der Waals surface area contributed by atoms with Gasteiger partial charge in [0.1, 0.15) is 16.9 Å². The number of nitrogens with one attached hydrogen (secondary N) is 1. The number of hydrogen-bond acceptors (Lipinski definition) is 6. The van der Waals surface area contributed by atoms with Gasteiger partial charge in [0.2, 0.25) is 5.91 Å². The van der Waals surface area contributed by atoms with Crippen molar-refractivity contribution in [1.29, 1.82) is 5.26 Å². The van der Waals surface area contributed by atoms with Gasteiger partial charge in [-0.3, -0.25) is 9.59 Å². The van der Waals surface area contributed by atoms with Crippen molar-refractivity contribution in [2.75, 3.05) is 23.9 Å². The zero-order chi connectivity index (χ0) is 23.1. The molecular weight excluding hydrogens is 422 g/mol. The van der Waals surface area contributed by atoms with E-state index in [4.69, 9.17) is 5.73 Å². The van der Waals surface area contributed by atoms with Crippen LogP contribution in [0.3, 0.4) is 0 Å². The summed E-state index contributed by atoms with van der Waals surface area (Å²) in [6.07, 6.45) is 0. The molecule has 0 radical (unpaired) electrons. The third-order valence-corrected chi connectivity index (χ3v) is 5.98. The Morgan fingerprint density at radius 2 is 1.78 bits per heavy atom. The van der Waals surface area contributed by atoms with Crippen molar-refractivity contribution >= 4 is 35.1 Å². The van der Waals surface area contributed by atoms with Gasteiger partial charge in [-0.15, -0.1) is 0 Å². The highest BCUT2D eigenvalue weighted by molar-refractivity contribution is 8.00. The molecule has 3 rings (SSSR count). The number of aromatic nitrogens is 1. The van der Waals surface area contributed by atoms with Crippen molar-refractivity contribution in [2.24, 2.45) is 0 Å². The predicted octanol–water partition coefficient (Wildman–Crippen LogP) is 4.10. The first-order chi connectivity index (χ1) is 15.4. The molecule has 1 atom stereocenters. The molecular formula is C24H23N5O2S. The fourth-order valence-corrected chi connectivity index (χ4v) is 3.89. The van der Waals surface area contributed by atoms with Gasteiger partial charge in [-0.1, -0.05) is 60.3 Å². The second-order valence-corrected chi connectivity index (χ2v) is 8.05. The van der Waals surface area contributed by atoms with Gasteiger partial charge in [0, 0.05) is 12.7 Å². The highest BCUT2D eigenvalue weighted by Crippen LogP contribution is 2.26. The summed E-state index contributed by atoms with van der Waals surface area (Å²) in [5.41, 5.74) is 7.93. The number of rotatable bonds is 7. The molecule has 0 saturated heterocycles. The van der Waals surface area contributed by atoms with Crippen LogP contribution in [-0.4, -0.2) is 34.5 Å². The smallest absolute Gasteiger partial charge is 0.259 e. The van der Waals surface area contributed by atoms with Gasteiger partial charge < -0.3 is 16.0 Å². The number of anilines is 2. The highest BCUT2D eigenvalue weighted by atomic mass is 32.2. The first-order valence-corrected chi connectivity index (χ1v) is 10.9. The number of carbonyl (C=O) groups is 2. The Kier molecular flexibility index (Phi) is 7.47. The zero-order valence-electron chi connectivity index (χ0n) is 17.8. The zero-order valence-corrected chi connectivity index (χ0v) is 18.6. The van der Waals surface area contributed by atoms with Crippen molar-refractivity contribution in [3.05, 3.63) is 83.4 Å². The van der Waals surface area contributed by atoms with Crippen molar-refractivity contribution in [3.8, 4) is 6.07 Å². The summed E-state index contributed by atoms with van der Waals surface area (Å²) in [5, 5.41) is 12.6. The van der Waals surface area contributed by atoms with Crippen molar-refractivity contribution in [3.63, 3.8) is 0 Å². The first-order valence-electron chi connectivity index (χ1n) is 9.91. The molecule has 1 heterocycles. The molecule has 0 spiro atoms. The summed E-state index contributed by atoms with van der Waals surface area (Å²) < 4.78 is 0. The number of thioether (sulfide) groups is 1. The third-order valence-electron chi connectivity index (χ3n) is 5.00. The van der Waals surface area contributed by atoms with Crippen LogP contribution in [0.2, 0.25) is 0 Å². The summed E-state index contributed by atoms with van der Waals surface area (Å²) in [7, 11) is 1.74. The van der Waals surface area contributed by atoms with Crippen LogP contribution in [0.5, 0.6) is 0 Å². The number of para-hydroxylation sites is 1. The second-order valence-electron chi connectivity index (χ2n) is 7.09. The lowest BCUT2D eigenvalue weighted by atomic mass is 10.1. The Hall–Kier alpha value is -3.83. The van der Waals surface area contributed by atoms with Gasteiger partial charge >= 0.3 is 0 Å². The van der Waals surface area contributed by atoms with Crippen LogP contribution in [0, 0.1) is 11.3 Å². The molecule has 8 heteroatoms. The number of carbonyl (C=O) groups excluding carboxylic acids is 2. The molecule has 2 amide bonds. The van der Waals surface area contributed by atoms with Gasteiger partial charge in [0.05, 0.1) is 22.9 Å². The number of hydrogen-bond donors (Lipinski definition) is 2. The van der Waals surface area contributed by atoms with Crippen molar-refractivity contribution < 1.29 is 9.59 Å². The van der Waals surface area contributed by atoms with E-state index in [0.29, 0.717) is 10.7 Å². The molecule has 162 valence electrons. The summed E-state index contributed by atoms with van der Waals surface area (Å²) in [5.74, 6) is -0.480. The quantitative estimate of drug-likeness (QED) is 0.530. The Morgan fingerprint density at radius 1 is 1.16 bits per heavy atom. The number of nitrogens with zero attached hydrogens (tertiary/aromatic N) is 3. The molecule has 32 heavy (non-hydrogen) atoms. The molecule has 7 nitrogen and oxygen atoms in total. The van der Waals surface area contributed by atoms with E-state index in [-0.39, 0.29) is 34.6 Å². The van der Waals surface area contributed by atoms with Gasteiger partial charge in [0.15, 0.2) is 0 Å². The molecule has 0 aliphatic rings. The normalized spacial score (nSPS) is 11.3. The SMILES string of the molecule is CC(c1ccccc1)N(C)C(=O)CSc1nc(N)c(C(=O)Nc2ccccc2)cc1C#N. The van der Waals surface area contributed by atoms with Crippen LogP contribution in [-0.2, 0) is 4.79 Å². The van der Waals surface area contributed by atoms with Crippen LogP contribution in [0.4, 0.5) is 11.5 Å². The van der Waals surface area contributed by atoms with Crippen LogP contribution >= 0.6 is 11.8 Å². The van der Waals surface area contributed by atoms with Crippen LogP contribution in [0.25, 0.3) is 0 Å². The minimum Gasteiger partial charge on any atom is -0.383 e. The Bertz CT molecular complexity index is 1150. The lowest BCUT2D eigenvalue weighted by Crippen LogP contribution is -2.31. The van der Waals surface area contributed by atoms with Crippen LogP contribution < -0.4 is 11.1 Å². The summed E-state index contributed by atoms with van der Waals surface area (Å²) in [6.45, 7) is 1.95. The predicted molar refractivity (Wildman–Crippen MR) is 126 cm³/mol. The van der Waals surface area contributed by atoms with E-state index < -0.39 is 5.91 Å². The fourth-order valence-electron chi connectivity index (χ4n) is 3.00. The first kappa shape index (κ1) is 22.8. The van der Waals surface area contributed by atoms with E-state index >= 15 is 0 Å². The van der Waals surface area contributed by atoms with E-state index in [2.05, 4.69) is 10.3 Å². The Labute approximate surface area is 191 Å². The fraction of sp³-hybridized carbons (Fsp3) is 0.167. The maximum Gasteiger partial charge on any atom is 0.259 e. The minimum atomic E-state index is -0.457. The lowest BCUT2D eigenvalue weighted by Gasteiger charge is -2.25. The number of nitrogens with two attached hydrogens (primary N) is 1. The summed E-state index contributed by atoms with van der Waals surface area (Å²) in [6, 6.07) is 22.0. The largest absolute Gasteiger partial charge is 0.383 e. The van der Waals surface area contributed by atoms with Crippen molar-refractivity contribution in [1.82, 2.24) is 9.88 Å². The molecule has 3 aromatic rings. The van der Waals surface area contributed by atoms with Crippen LogP contribution in [0.15, 0.2) is 71.8 Å². The molecule has 0 bridgehead atoms. The van der Waals surface area contributed by atoms with Gasteiger partial charge in [-0.2, -0.15) is 5.26 Å². The standard InChI is InChI=1S/C24H23N5O2S/c1-16(17-9-5-3-6-10-17)29(2)21(30)15-32-24-18(14-25)13-20(22(26)28-24)23(31)27-19-11-7-4-8-12-19/h3-13,16H,15H2,1-2H3,(H2,26,28)(H,27,31). The number of pyridine rings is 1. The molecule has 1 aromatic heterocycles. The maximum absolute atomic E-state index is 12.7.